The van der Waals surface area contributed by atoms with Crippen LogP contribution in [0, 0.1) is 11.8 Å². The topological polar surface area (TPSA) is 15.8 Å². The van der Waals surface area contributed by atoms with Crippen molar-refractivity contribution in [3.8, 4) is 0 Å². The van der Waals surface area contributed by atoms with E-state index in [0.717, 1.165) is 0 Å². The molecule has 1 aromatic rings. The summed E-state index contributed by atoms with van der Waals surface area (Å²) in [5, 5.41) is 0. The predicted molar refractivity (Wildman–Crippen MR) is 39.4 cm³/mol. The highest BCUT2D eigenvalue weighted by molar-refractivity contribution is 5.21. The lowest BCUT2D eigenvalue weighted by Crippen LogP contribution is -2.11. The first-order chi connectivity index (χ1) is 4.93. The lowest BCUT2D eigenvalue weighted by Gasteiger charge is -2.15. The highest BCUT2D eigenvalue weighted by atomic mass is 19.2. The summed E-state index contributed by atoms with van der Waals surface area (Å²) in [7, 11) is 0. The van der Waals surface area contributed by atoms with Crippen molar-refractivity contribution >= 4 is 0 Å². The Hall–Kier alpha value is -0.860. The first-order valence-corrected chi connectivity index (χ1v) is 3.46. The smallest absolute Gasteiger partial charge is 0.227 e. The van der Waals surface area contributed by atoms with Crippen LogP contribution in [0.4, 0.5) is 8.78 Å². The van der Waals surface area contributed by atoms with Crippen LogP contribution in [0.25, 0.3) is 0 Å². The third kappa shape index (κ3) is 1.42. The van der Waals surface area contributed by atoms with Crippen LogP contribution in [-0.4, -0.2) is 4.98 Å². The molecule has 1 nitrogen and oxygen atoms in total. The minimum Gasteiger partial charge on any atom is -0.336 e. The van der Waals surface area contributed by atoms with Crippen molar-refractivity contribution in [2.24, 2.45) is 0 Å². The van der Waals surface area contributed by atoms with E-state index in [4.69, 9.17) is 0 Å². The minimum atomic E-state index is -0.880. The molecule has 1 heterocycles. The molecule has 3 heteroatoms. The zero-order valence-corrected chi connectivity index (χ0v) is 6.83. The quantitative estimate of drug-likeness (QED) is 0.598. The first kappa shape index (κ1) is 8.24. The van der Waals surface area contributed by atoms with Gasteiger partial charge in [0, 0.05) is 11.8 Å². The Morgan fingerprint density at radius 1 is 1.27 bits per heavy atom. The van der Waals surface area contributed by atoms with Crippen LogP contribution < -0.4 is 0 Å². The average molecular weight is 159 g/mol. The number of nitrogens with one attached hydrogen (secondary N) is 1. The molecular weight excluding hydrogens is 148 g/mol. The van der Waals surface area contributed by atoms with E-state index in [9.17, 15) is 8.78 Å². The summed E-state index contributed by atoms with van der Waals surface area (Å²) in [5.74, 6) is -1.65. The number of H-pyrrole nitrogens is 1. The normalized spacial score (nSPS) is 12.1. The van der Waals surface area contributed by atoms with Crippen LogP contribution in [0.1, 0.15) is 26.3 Å². The summed E-state index contributed by atoms with van der Waals surface area (Å²) in [6.07, 6.45) is 1.37. The maximum Gasteiger partial charge on any atom is 0.227 e. The third-order valence-corrected chi connectivity index (χ3v) is 1.58. The molecule has 0 bridgehead atoms. The van der Waals surface area contributed by atoms with Gasteiger partial charge in [-0.15, -0.1) is 0 Å². The highest BCUT2D eigenvalue weighted by Gasteiger charge is 2.22. The van der Waals surface area contributed by atoms with E-state index in [1.165, 1.54) is 6.20 Å². The summed E-state index contributed by atoms with van der Waals surface area (Å²) in [4.78, 5) is 2.20. The zero-order chi connectivity index (χ0) is 8.65. The van der Waals surface area contributed by atoms with E-state index >= 15 is 0 Å². The number of aromatic nitrogens is 1. The molecule has 0 saturated carbocycles. The van der Waals surface area contributed by atoms with Gasteiger partial charge in [-0.2, -0.15) is 4.39 Å². The summed E-state index contributed by atoms with van der Waals surface area (Å²) in [6, 6.07) is 0. The Kier molecular flexibility index (Phi) is 1.74. The maximum atomic E-state index is 12.9. The fourth-order valence-electron chi connectivity index (χ4n) is 0.926. The SMILES string of the molecule is CC(C)(C)c1c[nH]c(F)c1F. The van der Waals surface area contributed by atoms with Crippen LogP contribution in [-0.2, 0) is 5.41 Å². The Bertz CT molecular complexity index is 258. The number of hydrogen-bond acceptors (Lipinski definition) is 0. The Balaban J connectivity index is 3.15. The lowest BCUT2D eigenvalue weighted by molar-refractivity contribution is 0.466. The summed E-state index contributed by atoms with van der Waals surface area (Å²) in [5.41, 5.74) is 0.0419. The molecule has 0 atom stereocenters. The van der Waals surface area contributed by atoms with Gasteiger partial charge in [-0.1, -0.05) is 20.8 Å². The van der Waals surface area contributed by atoms with Gasteiger partial charge < -0.3 is 4.98 Å². The standard InChI is InChI=1S/C8H11F2N/c1-8(2,3)5-4-11-7(10)6(5)9/h4,11H,1-3H3. The van der Waals surface area contributed by atoms with Gasteiger partial charge in [-0.25, -0.2) is 4.39 Å². The van der Waals surface area contributed by atoms with Crippen molar-refractivity contribution in [2.75, 3.05) is 0 Å². The van der Waals surface area contributed by atoms with Crippen LogP contribution in [0.2, 0.25) is 0 Å². The zero-order valence-electron chi connectivity index (χ0n) is 6.83. The summed E-state index contributed by atoms with van der Waals surface area (Å²) < 4.78 is 25.3. The maximum absolute atomic E-state index is 12.9. The fourth-order valence-corrected chi connectivity index (χ4v) is 0.926. The molecule has 1 aromatic heterocycles. The van der Waals surface area contributed by atoms with Crippen molar-refractivity contribution in [3.63, 3.8) is 0 Å². The molecule has 0 unspecified atom stereocenters. The van der Waals surface area contributed by atoms with Gasteiger partial charge in [0.15, 0.2) is 5.82 Å². The number of aromatic amines is 1. The van der Waals surface area contributed by atoms with Crippen molar-refractivity contribution in [1.82, 2.24) is 4.98 Å². The summed E-state index contributed by atoms with van der Waals surface area (Å²) >= 11 is 0. The Morgan fingerprint density at radius 2 is 1.82 bits per heavy atom. The third-order valence-electron chi connectivity index (χ3n) is 1.58. The van der Waals surface area contributed by atoms with E-state index in [2.05, 4.69) is 4.98 Å². The number of hydrogen-bond donors (Lipinski definition) is 1. The van der Waals surface area contributed by atoms with Gasteiger partial charge in [-0.3, -0.25) is 0 Å². The molecule has 0 spiro atoms. The van der Waals surface area contributed by atoms with Crippen molar-refractivity contribution in [2.45, 2.75) is 26.2 Å². The van der Waals surface area contributed by atoms with E-state index in [1.54, 1.807) is 0 Å². The van der Waals surface area contributed by atoms with Crippen molar-refractivity contribution in [3.05, 3.63) is 23.5 Å². The molecular formula is C8H11F2N. The number of halogens is 2. The molecule has 0 aliphatic rings. The summed E-state index contributed by atoms with van der Waals surface area (Å²) in [6.45, 7) is 5.50. The molecule has 1 rings (SSSR count). The molecule has 0 fully saturated rings. The van der Waals surface area contributed by atoms with Gasteiger partial charge in [0.2, 0.25) is 5.95 Å². The molecule has 0 aliphatic heterocycles. The first-order valence-electron chi connectivity index (χ1n) is 3.46. The molecule has 11 heavy (non-hydrogen) atoms. The van der Waals surface area contributed by atoms with Gasteiger partial charge in [0.05, 0.1) is 0 Å². The molecule has 0 radical (unpaired) electrons. The van der Waals surface area contributed by atoms with Crippen LogP contribution in [0.5, 0.6) is 0 Å². The minimum absolute atomic E-state index is 0.342. The van der Waals surface area contributed by atoms with Gasteiger partial charge in [-0.05, 0) is 5.41 Å². The second-order valence-electron chi connectivity index (χ2n) is 3.58. The second-order valence-corrected chi connectivity index (χ2v) is 3.58. The van der Waals surface area contributed by atoms with E-state index < -0.39 is 11.8 Å². The molecule has 0 amide bonds. The lowest BCUT2D eigenvalue weighted by atomic mass is 9.89. The fraction of sp³-hybridized carbons (Fsp3) is 0.500. The molecule has 0 saturated heterocycles. The van der Waals surface area contributed by atoms with Gasteiger partial charge in [0.1, 0.15) is 0 Å². The highest BCUT2D eigenvalue weighted by Crippen LogP contribution is 2.25. The Labute approximate surface area is 64.4 Å². The van der Waals surface area contributed by atoms with E-state index in [1.807, 2.05) is 20.8 Å². The molecule has 0 aliphatic carbocycles. The van der Waals surface area contributed by atoms with Gasteiger partial charge >= 0.3 is 0 Å². The van der Waals surface area contributed by atoms with E-state index in [-0.39, 0.29) is 5.41 Å². The predicted octanol–water partition coefficient (Wildman–Crippen LogP) is 2.59. The van der Waals surface area contributed by atoms with Crippen LogP contribution in [0.3, 0.4) is 0 Å². The molecule has 62 valence electrons. The Morgan fingerprint density at radius 3 is 2.00 bits per heavy atom. The monoisotopic (exact) mass is 159 g/mol. The largest absolute Gasteiger partial charge is 0.336 e. The van der Waals surface area contributed by atoms with Crippen LogP contribution in [0.15, 0.2) is 6.20 Å². The van der Waals surface area contributed by atoms with Gasteiger partial charge in [0.25, 0.3) is 0 Å². The number of rotatable bonds is 0. The molecule has 1 N–H and O–H groups in total. The molecule has 0 aromatic carbocycles. The van der Waals surface area contributed by atoms with Crippen LogP contribution >= 0.6 is 0 Å². The average Bonchev–Trinajstić information content (AvgIpc) is 2.11. The van der Waals surface area contributed by atoms with Crippen molar-refractivity contribution in [1.29, 1.82) is 0 Å². The van der Waals surface area contributed by atoms with Crippen molar-refractivity contribution < 1.29 is 8.78 Å². The second kappa shape index (κ2) is 2.32. The van der Waals surface area contributed by atoms with E-state index in [0.29, 0.717) is 5.56 Å².